The number of allylic oxidation sites excluding steroid dienone is 1. The second kappa shape index (κ2) is 11.7. The summed E-state index contributed by atoms with van der Waals surface area (Å²) in [5.74, 6) is 0.791. The van der Waals surface area contributed by atoms with Crippen LogP contribution in [0, 0.1) is 0 Å². The number of aromatic nitrogens is 3. The maximum absolute atomic E-state index is 12.4. The summed E-state index contributed by atoms with van der Waals surface area (Å²) in [6.45, 7) is 4.35. The van der Waals surface area contributed by atoms with Crippen molar-refractivity contribution in [3.8, 4) is 5.75 Å². The van der Waals surface area contributed by atoms with Gasteiger partial charge in [-0.25, -0.2) is 0 Å². The number of halogens is 2. The number of benzene rings is 2. The molecule has 0 bridgehead atoms. The van der Waals surface area contributed by atoms with Gasteiger partial charge >= 0.3 is 0 Å². The Morgan fingerprint density at radius 1 is 1.18 bits per heavy atom. The molecule has 1 heterocycles. The van der Waals surface area contributed by atoms with E-state index in [1.807, 2.05) is 0 Å². The smallest absolute Gasteiger partial charge is 0.251 e. The number of carbonyl (C=O) groups is 2. The molecule has 2 N–H and O–H groups in total. The number of ether oxygens (including phenoxy) is 1. The molecule has 0 unspecified atom stereocenters. The molecule has 0 aliphatic heterocycles. The fourth-order valence-electron chi connectivity index (χ4n) is 2.78. The molecule has 33 heavy (non-hydrogen) atoms. The summed E-state index contributed by atoms with van der Waals surface area (Å²) in [4.78, 5) is 24.8. The van der Waals surface area contributed by atoms with Gasteiger partial charge in [-0.05, 0) is 42.5 Å². The first-order valence-electron chi connectivity index (χ1n) is 9.74. The molecule has 3 aromatic rings. The molecule has 0 aliphatic rings. The first kappa shape index (κ1) is 24.6. The number of thioether (sulfide) groups is 1. The van der Waals surface area contributed by atoms with Crippen molar-refractivity contribution in [1.29, 1.82) is 0 Å². The van der Waals surface area contributed by atoms with Gasteiger partial charge in [-0.1, -0.05) is 41.0 Å². The van der Waals surface area contributed by atoms with E-state index in [1.54, 1.807) is 60.2 Å². The lowest BCUT2D eigenvalue weighted by Crippen LogP contribution is -2.24. The van der Waals surface area contributed by atoms with Crippen LogP contribution in [-0.4, -0.2) is 39.4 Å². The van der Waals surface area contributed by atoms with Crippen LogP contribution in [0.25, 0.3) is 0 Å². The fourth-order valence-corrected chi connectivity index (χ4v) is 4.00. The number of nitrogens with zero attached hydrogens (tertiary/aromatic N) is 3. The summed E-state index contributed by atoms with van der Waals surface area (Å²) in [5.41, 5.74) is 0.971. The summed E-state index contributed by atoms with van der Waals surface area (Å²) < 4.78 is 6.89. The van der Waals surface area contributed by atoms with Crippen molar-refractivity contribution < 1.29 is 14.3 Å². The van der Waals surface area contributed by atoms with Crippen molar-refractivity contribution in [3.05, 3.63) is 76.6 Å². The summed E-state index contributed by atoms with van der Waals surface area (Å²) >= 11 is 13.2. The molecular weight excluding hydrogens is 485 g/mol. The van der Waals surface area contributed by atoms with Crippen molar-refractivity contribution in [2.45, 2.75) is 18.2 Å². The number of hydrogen-bond acceptors (Lipinski definition) is 6. The topological polar surface area (TPSA) is 98.1 Å². The third kappa shape index (κ3) is 6.74. The Morgan fingerprint density at radius 2 is 1.94 bits per heavy atom. The Balaban J connectivity index is 1.60. The van der Waals surface area contributed by atoms with Crippen LogP contribution in [-0.2, 0) is 17.9 Å². The SMILES string of the molecule is C=CCn1c(CNC(=O)c2ccc(OC)cc2)nnc1SCC(=O)Nc1ccc(Cl)cc1Cl. The highest BCUT2D eigenvalue weighted by Gasteiger charge is 2.15. The number of amides is 2. The maximum Gasteiger partial charge on any atom is 0.251 e. The molecule has 8 nitrogen and oxygen atoms in total. The van der Waals surface area contributed by atoms with Crippen molar-refractivity contribution in [2.75, 3.05) is 18.2 Å². The van der Waals surface area contributed by atoms with Crippen molar-refractivity contribution in [3.63, 3.8) is 0 Å². The highest BCUT2D eigenvalue weighted by molar-refractivity contribution is 7.99. The fraction of sp³-hybridized carbons (Fsp3) is 0.182. The Hall–Kier alpha value is -3.01. The predicted octanol–water partition coefficient (Wildman–Crippen LogP) is 4.44. The van der Waals surface area contributed by atoms with Gasteiger partial charge in [0.05, 0.1) is 30.1 Å². The summed E-state index contributed by atoms with van der Waals surface area (Å²) in [5, 5.41) is 15.2. The van der Waals surface area contributed by atoms with Crippen molar-refractivity contribution >= 4 is 52.5 Å². The van der Waals surface area contributed by atoms with Crippen LogP contribution in [0.1, 0.15) is 16.2 Å². The minimum atomic E-state index is -0.258. The van der Waals surface area contributed by atoms with E-state index in [1.165, 1.54) is 11.8 Å². The van der Waals surface area contributed by atoms with Gasteiger partial charge in [0, 0.05) is 17.1 Å². The number of carbonyl (C=O) groups excluding carboxylic acids is 2. The first-order valence-corrected chi connectivity index (χ1v) is 11.5. The van der Waals surface area contributed by atoms with Crippen LogP contribution >= 0.6 is 35.0 Å². The van der Waals surface area contributed by atoms with E-state index in [-0.39, 0.29) is 24.1 Å². The van der Waals surface area contributed by atoms with Gasteiger partial charge in [-0.2, -0.15) is 0 Å². The van der Waals surface area contributed by atoms with Crippen LogP contribution in [0.15, 0.2) is 60.3 Å². The molecule has 1 aromatic heterocycles. The van der Waals surface area contributed by atoms with E-state index in [0.29, 0.717) is 44.6 Å². The highest BCUT2D eigenvalue weighted by atomic mass is 35.5. The second-order valence-electron chi connectivity index (χ2n) is 6.67. The van der Waals surface area contributed by atoms with Crippen molar-refractivity contribution in [1.82, 2.24) is 20.1 Å². The van der Waals surface area contributed by atoms with Crippen LogP contribution in [0.2, 0.25) is 10.0 Å². The summed E-state index contributed by atoms with van der Waals surface area (Å²) in [6, 6.07) is 11.6. The zero-order chi connectivity index (χ0) is 23.8. The Bertz CT molecular complexity index is 1150. The van der Waals surface area contributed by atoms with E-state index >= 15 is 0 Å². The molecule has 0 atom stereocenters. The minimum absolute atomic E-state index is 0.0897. The quantitative estimate of drug-likeness (QED) is 0.312. The maximum atomic E-state index is 12.4. The molecular formula is C22H21Cl2N5O3S. The molecule has 172 valence electrons. The third-order valence-electron chi connectivity index (χ3n) is 4.40. The monoisotopic (exact) mass is 505 g/mol. The number of nitrogens with one attached hydrogen (secondary N) is 2. The van der Waals surface area contributed by atoms with Gasteiger partial charge in [0.25, 0.3) is 5.91 Å². The molecule has 0 saturated heterocycles. The van der Waals surface area contributed by atoms with Crippen molar-refractivity contribution in [2.24, 2.45) is 0 Å². The van der Waals surface area contributed by atoms with Crippen LogP contribution < -0.4 is 15.4 Å². The molecule has 0 spiro atoms. The number of hydrogen-bond donors (Lipinski definition) is 2. The summed E-state index contributed by atoms with van der Waals surface area (Å²) in [7, 11) is 1.56. The van der Waals surface area contributed by atoms with Gasteiger partial charge in [0.1, 0.15) is 5.75 Å². The zero-order valence-corrected chi connectivity index (χ0v) is 20.0. The standard InChI is InChI=1S/C22H21Cl2N5O3S/c1-3-10-29-19(12-25-21(31)14-4-7-16(32-2)8-5-14)27-28-22(29)33-13-20(30)26-18-9-6-15(23)11-17(18)24/h3-9,11H,1,10,12-13H2,2H3,(H,25,31)(H,26,30). The molecule has 2 aromatic carbocycles. The van der Waals surface area contributed by atoms with Crippen LogP contribution in [0.5, 0.6) is 5.75 Å². The van der Waals surface area contributed by atoms with Gasteiger partial charge < -0.3 is 19.9 Å². The van der Waals surface area contributed by atoms with E-state index in [4.69, 9.17) is 27.9 Å². The molecule has 0 radical (unpaired) electrons. The second-order valence-corrected chi connectivity index (χ2v) is 8.46. The van der Waals surface area contributed by atoms with Gasteiger partial charge in [0.15, 0.2) is 11.0 Å². The van der Waals surface area contributed by atoms with Gasteiger partial charge in [-0.15, -0.1) is 16.8 Å². The largest absolute Gasteiger partial charge is 0.497 e. The number of anilines is 1. The molecule has 0 saturated carbocycles. The zero-order valence-electron chi connectivity index (χ0n) is 17.7. The molecule has 0 aliphatic carbocycles. The first-order chi connectivity index (χ1) is 15.9. The molecule has 11 heteroatoms. The Morgan fingerprint density at radius 3 is 2.61 bits per heavy atom. The van der Waals surface area contributed by atoms with Gasteiger partial charge in [-0.3, -0.25) is 9.59 Å². The molecule has 0 fully saturated rings. The third-order valence-corrected chi connectivity index (χ3v) is 5.92. The Labute approximate surface area is 205 Å². The van der Waals surface area contributed by atoms with E-state index in [2.05, 4.69) is 27.4 Å². The Kier molecular flexibility index (Phi) is 8.76. The van der Waals surface area contributed by atoms with Crippen LogP contribution in [0.4, 0.5) is 5.69 Å². The lowest BCUT2D eigenvalue weighted by Gasteiger charge is -2.10. The lowest BCUT2D eigenvalue weighted by atomic mass is 10.2. The normalized spacial score (nSPS) is 10.5. The minimum Gasteiger partial charge on any atom is -0.497 e. The van der Waals surface area contributed by atoms with E-state index in [9.17, 15) is 9.59 Å². The summed E-state index contributed by atoms with van der Waals surface area (Å²) in [6.07, 6.45) is 1.69. The number of rotatable bonds is 10. The predicted molar refractivity (Wildman–Crippen MR) is 130 cm³/mol. The average molecular weight is 506 g/mol. The van der Waals surface area contributed by atoms with Crippen LogP contribution in [0.3, 0.4) is 0 Å². The molecule has 2 amide bonds. The van der Waals surface area contributed by atoms with E-state index in [0.717, 1.165) is 0 Å². The lowest BCUT2D eigenvalue weighted by molar-refractivity contribution is -0.113. The van der Waals surface area contributed by atoms with E-state index < -0.39 is 0 Å². The van der Waals surface area contributed by atoms with Gasteiger partial charge in [0.2, 0.25) is 5.91 Å². The average Bonchev–Trinajstić information content (AvgIpc) is 3.19. The number of methoxy groups -OCH3 is 1. The highest BCUT2D eigenvalue weighted by Crippen LogP contribution is 2.26. The molecule has 3 rings (SSSR count).